The zero-order valence-corrected chi connectivity index (χ0v) is 8.17. The molecule has 0 heterocycles. The largest absolute Gasteiger partial charge is 0.462 e. The van der Waals surface area contributed by atoms with Gasteiger partial charge in [0.2, 0.25) is 0 Å². The quantitative estimate of drug-likeness (QED) is 0.565. The molecule has 1 aliphatic carbocycles. The van der Waals surface area contributed by atoms with Crippen molar-refractivity contribution < 1.29 is 9.53 Å². The summed E-state index contributed by atoms with van der Waals surface area (Å²) in [6.07, 6.45) is 3.69. The monoisotopic (exact) mass is 170 g/mol. The molecule has 0 saturated heterocycles. The van der Waals surface area contributed by atoms with Gasteiger partial charge in [-0.25, -0.2) is 0 Å². The molecular weight excluding hydrogens is 152 g/mol. The first-order valence-corrected chi connectivity index (χ1v) is 4.76. The summed E-state index contributed by atoms with van der Waals surface area (Å²) in [6, 6.07) is 0. The molecule has 0 N–H and O–H groups in total. The Morgan fingerprint density at radius 1 is 1.33 bits per heavy atom. The fourth-order valence-electron chi connectivity index (χ4n) is 1.86. The lowest BCUT2D eigenvalue weighted by molar-refractivity contribution is -0.151. The van der Waals surface area contributed by atoms with Crippen LogP contribution in [0.5, 0.6) is 0 Å². The van der Waals surface area contributed by atoms with Gasteiger partial charge in [-0.2, -0.15) is 0 Å². The van der Waals surface area contributed by atoms with Gasteiger partial charge in [-0.1, -0.05) is 20.3 Å². The van der Waals surface area contributed by atoms with Crippen LogP contribution >= 0.6 is 0 Å². The predicted molar refractivity (Wildman–Crippen MR) is 47.7 cm³/mol. The number of ether oxygens (including phenoxy) is 1. The second kappa shape index (κ2) is 3.92. The van der Waals surface area contributed by atoms with Gasteiger partial charge in [0, 0.05) is 6.92 Å². The summed E-state index contributed by atoms with van der Waals surface area (Å²) in [5, 5.41) is 0. The van der Waals surface area contributed by atoms with E-state index < -0.39 is 0 Å². The molecular formula is C10H18O2. The minimum absolute atomic E-state index is 0.138. The third kappa shape index (κ3) is 2.50. The molecule has 70 valence electrons. The van der Waals surface area contributed by atoms with Gasteiger partial charge in [-0.05, 0) is 24.7 Å². The van der Waals surface area contributed by atoms with Crippen LogP contribution in [0.2, 0.25) is 0 Å². The van der Waals surface area contributed by atoms with Gasteiger partial charge in [0.25, 0.3) is 0 Å². The highest BCUT2D eigenvalue weighted by Crippen LogP contribution is 2.30. The van der Waals surface area contributed by atoms with Crippen molar-refractivity contribution in [2.24, 2.45) is 11.8 Å². The van der Waals surface area contributed by atoms with Crippen LogP contribution in [0.4, 0.5) is 0 Å². The van der Waals surface area contributed by atoms with Crippen molar-refractivity contribution in [3.05, 3.63) is 0 Å². The summed E-state index contributed by atoms with van der Waals surface area (Å²) < 4.78 is 5.23. The van der Waals surface area contributed by atoms with Crippen LogP contribution in [0.25, 0.3) is 0 Å². The van der Waals surface area contributed by atoms with Crippen molar-refractivity contribution in [2.75, 3.05) is 0 Å². The zero-order chi connectivity index (χ0) is 9.14. The molecule has 1 rings (SSSR count). The van der Waals surface area contributed by atoms with Crippen LogP contribution in [-0.2, 0) is 9.53 Å². The molecule has 2 nitrogen and oxygen atoms in total. The summed E-state index contributed by atoms with van der Waals surface area (Å²) in [5.41, 5.74) is 0. The van der Waals surface area contributed by atoms with E-state index in [1.54, 1.807) is 0 Å². The van der Waals surface area contributed by atoms with Crippen LogP contribution in [0.15, 0.2) is 0 Å². The average Bonchev–Trinajstić information content (AvgIpc) is 1.96. The van der Waals surface area contributed by atoms with E-state index in [1.165, 1.54) is 19.8 Å². The molecule has 0 spiro atoms. The predicted octanol–water partition coefficient (Wildman–Crippen LogP) is 2.37. The molecule has 1 aliphatic rings. The van der Waals surface area contributed by atoms with Crippen molar-refractivity contribution in [1.82, 2.24) is 0 Å². The van der Waals surface area contributed by atoms with Crippen LogP contribution in [0.3, 0.4) is 0 Å². The SMILES string of the molecule is CC(=O)OC1C[C@H](C)CCC1C. The Labute approximate surface area is 74.3 Å². The molecule has 0 aromatic heterocycles. The van der Waals surface area contributed by atoms with Gasteiger partial charge >= 0.3 is 5.97 Å². The highest BCUT2D eigenvalue weighted by molar-refractivity contribution is 5.66. The maximum Gasteiger partial charge on any atom is 0.302 e. The molecule has 0 amide bonds. The second-order valence-electron chi connectivity index (χ2n) is 4.04. The summed E-state index contributed by atoms with van der Waals surface area (Å²) in [5.74, 6) is 1.12. The van der Waals surface area contributed by atoms with E-state index in [1.807, 2.05) is 0 Å². The first kappa shape index (κ1) is 9.56. The number of carbonyl (C=O) groups excluding carboxylic acids is 1. The molecule has 3 atom stereocenters. The number of carbonyl (C=O) groups is 1. The Balaban J connectivity index is 2.43. The lowest BCUT2D eigenvalue weighted by Crippen LogP contribution is -2.30. The van der Waals surface area contributed by atoms with E-state index in [4.69, 9.17) is 4.74 Å². The number of hydrogen-bond acceptors (Lipinski definition) is 2. The van der Waals surface area contributed by atoms with Gasteiger partial charge in [-0.3, -0.25) is 4.79 Å². The fourth-order valence-corrected chi connectivity index (χ4v) is 1.86. The van der Waals surface area contributed by atoms with Crippen molar-refractivity contribution in [2.45, 2.75) is 46.1 Å². The minimum atomic E-state index is -0.138. The molecule has 0 aromatic rings. The first-order chi connectivity index (χ1) is 5.59. The topological polar surface area (TPSA) is 26.3 Å². The van der Waals surface area contributed by atoms with Gasteiger partial charge in [0.05, 0.1) is 0 Å². The Morgan fingerprint density at radius 3 is 2.58 bits per heavy atom. The van der Waals surface area contributed by atoms with E-state index in [9.17, 15) is 4.79 Å². The van der Waals surface area contributed by atoms with Gasteiger partial charge in [0.15, 0.2) is 0 Å². The Bertz CT molecular complexity index is 165. The maximum atomic E-state index is 10.7. The van der Waals surface area contributed by atoms with E-state index in [0.29, 0.717) is 11.8 Å². The summed E-state index contributed by atoms with van der Waals surface area (Å²) in [4.78, 5) is 10.7. The van der Waals surface area contributed by atoms with Crippen LogP contribution in [0, 0.1) is 11.8 Å². The van der Waals surface area contributed by atoms with Crippen molar-refractivity contribution in [3.8, 4) is 0 Å². The highest BCUT2D eigenvalue weighted by atomic mass is 16.5. The van der Waals surface area contributed by atoms with E-state index >= 15 is 0 Å². The van der Waals surface area contributed by atoms with Gasteiger partial charge in [0.1, 0.15) is 6.10 Å². The van der Waals surface area contributed by atoms with Crippen molar-refractivity contribution in [1.29, 1.82) is 0 Å². The first-order valence-electron chi connectivity index (χ1n) is 4.76. The molecule has 1 saturated carbocycles. The lowest BCUT2D eigenvalue weighted by Gasteiger charge is -2.31. The normalized spacial score (nSPS) is 36.1. The average molecular weight is 170 g/mol. The van der Waals surface area contributed by atoms with E-state index in [-0.39, 0.29) is 12.1 Å². The summed E-state index contributed by atoms with van der Waals surface area (Å²) >= 11 is 0. The minimum Gasteiger partial charge on any atom is -0.462 e. The summed E-state index contributed by atoms with van der Waals surface area (Å²) in [6.45, 7) is 5.88. The fraction of sp³-hybridized carbons (Fsp3) is 0.900. The third-order valence-electron chi connectivity index (χ3n) is 2.70. The summed E-state index contributed by atoms with van der Waals surface area (Å²) in [7, 11) is 0. The maximum absolute atomic E-state index is 10.7. The lowest BCUT2D eigenvalue weighted by atomic mass is 9.82. The molecule has 0 radical (unpaired) electrons. The third-order valence-corrected chi connectivity index (χ3v) is 2.70. The number of esters is 1. The molecule has 2 heteroatoms. The van der Waals surface area contributed by atoms with E-state index in [2.05, 4.69) is 13.8 Å². The standard InChI is InChI=1S/C10H18O2/c1-7-4-5-8(2)10(6-7)12-9(3)11/h7-8,10H,4-6H2,1-3H3/t7-,8?,10?/m1/s1. The molecule has 0 aliphatic heterocycles. The van der Waals surface area contributed by atoms with Gasteiger partial charge < -0.3 is 4.74 Å². The highest BCUT2D eigenvalue weighted by Gasteiger charge is 2.27. The molecule has 12 heavy (non-hydrogen) atoms. The van der Waals surface area contributed by atoms with Crippen LogP contribution in [-0.4, -0.2) is 12.1 Å². The van der Waals surface area contributed by atoms with Crippen LogP contribution < -0.4 is 0 Å². The smallest absolute Gasteiger partial charge is 0.302 e. The van der Waals surface area contributed by atoms with Crippen molar-refractivity contribution in [3.63, 3.8) is 0 Å². The van der Waals surface area contributed by atoms with Crippen molar-refractivity contribution >= 4 is 5.97 Å². The van der Waals surface area contributed by atoms with E-state index in [0.717, 1.165) is 6.42 Å². The Hall–Kier alpha value is -0.530. The molecule has 1 fully saturated rings. The number of rotatable bonds is 1. The molecule has 0 bridgehead atoms. The van der Waals surface area contributed by atoms with Gasteiger partial charge in [-0.15, -0.1) is 0 Å². The van der Waals surface area contributed by atoms with Crippen LogP contribution in [0.1, 0.15) is 40.0 Å². The number of hydrogen-bond donors (Lipinski definition) is 0. The zero-order valence-electron chi connectivity index (χ0n) is 8.17. The Kier molecular flexibility index (Phi) is 3.12. The second-order valence-corrected chi connectivity index (χ2v) is 4.04. The Morgan fingerprint density at radius 2 is 2.00 bits per heavy atom. The molecule has 0 aromatic carbocycles. The molecule has 2 unspecified atom stereocenters.